The van der Waals surface area contributed by atoms with Crippen LogP contribution in [0, 0.1) is 18.3 Å². The van der Waals surface area contributed by atoms with Crippen LogP contribution in [-0.4, -0.2) is 9.55 Å². The maximum atomic E-state index is 9.22. The summed E-state index contributed by atoms with van der Waals surface area (Å²) in [5, 5.41) is 9.91. The summed E-state index contributed by atoms with van der Waals surface area (Å²) in [6.07, 6.45) is 0. The summed E-state index contributed by atoms with van der Waals surface area (Å²) in [5.41, 5.74) is 3.94. The van der Waals surface area contributed by atoms with Crippen LogP contribution in [0.25, 0.3) is 16.7 Å². The number of benzene rings is 2. The van der Waals surface area contributed by atoms with E-state index in [1.165, 1.54) is 0 Å². The first-order chi connectivity index (χ1) is 10.2. The van der Waals surface area contributed by atoms with Crippen molar-refractivity contribution in [1.29, 1.82) is 5.26 Å². The molecule has 0 atom stereocenters. The van der Waals surface area contributed by atoms with Gasteiger partial charge < -0.3 is 0 Å². The summed E-state index contributed by atoms with van der Waals surface area (Å²) >= 11 is 12.3. The van der Waals surface area contributed by atoms with Gasteiger partial charge in [-0.15, -0.1) is 11.6 Å². The number of nitrogens with zero attached hydrogens (tertiary/aromatic N) is 3. The van der Waals surface area contributed by atoms with E-state index < -0.39 is 0 Å². The largest absolute Gasteiger partial charge is 0.295 e. The van der Waals surface area contributed by atoms with Crippen molar-refractivity contribution in [2.45, 2.75) is 12.8 Å². The lowest BCUT2D eigenvalue weighted by Gasteiger charge is -2.12. The van der Waals surface area contributed by atoms with Crippen LogP contribution in [0.2, 0.25) is 5.02 Å². The average molecular weight is 316 g/mol. The molecule has 3 rings (SSSR count). The van der Waals surface area contributed by atoms with E-state index >= 15 is 0 Å². The molecule has 0 saturated carbocycles. The molecular formula is C16H11Cl2N3. The second kappa shape index (κ2) is 5.40. The van der Waals surface area contributed by atoms with Gasteiger partial charge in [-0.3, -0.25) is 4.57 Å². The SMILES string of the molecule is Cc1c(Cl)cccc1-n1c(CCl)nc2c(C#N)cccc21. The van der Waals surface area contributed by atoms with Gasteiger partial charge in [0.25, 0.3) is 0 Å². The Morgan fingerprint density at radius 3 is 2.71 bits per heavy atom. The van der Waals surface area contributed by atoms with Crippen molar-refractivity contribution in [3.8, 4) is 11.8 Å². The lowest BCUT2D eigenvalue weighted by atomic mass is 10.1. The highest BCUT2D eigenvalue weighted by Crippen LogP contribution is 2.29. The van der Waals surface area contributed by atoms with E-state index in [1.54, 1.807) is 6.07 Å². The standard InChI is InChI=1S/C16H11Cl2N3/c1-10-12(18)5-3-6-13(10)21-14-7-2-4-11(9-19)16(14)20-15(21)8-17/h2-7H,8H2,1H3. The van der Waals surface area contributed by atoms with E-state index in [0.29, 0.717) is 21.9 Å². The number of hydrogen-bond donors (Lipinski definition) is 0. The van der Waals surface area contributed by atoms with E-state index in [-0.39, 0.29) is 5.88 Å². The van der Waals surface area contributed by atoms with E-state index in [0.717, 1.165) is 16.8 Å². The molecule has 0 aliphatic carbocycles. The number of fused-ring (bicyclic) bond motifs is 1. The van der Waals surface area contributed by atoms with E-state index in [1.807, 2.05) is 41.8 Å². The molecule has 104 valence electrons. The van der Waals surface area contributed by atoms with Crippen LogP contribution in [0.15, 0.2) is 36.4 Å². The zero-order valence-corrected chi connectivity index (χ0v) is 12.8. The van der Waals surface area contributed by atoms with Crippen LogP contribution in [0.5, 0.6) is 0 Å². The number of halogens is 2. The van der Waals surface area contributed by atoms with Crippen LogP contribution in [0.4, 0.5) is 0 Å². The van der Waals surface area contributed by atoms with Gasteiger partial charge in [-0.2, -0.15) is 5.26 Å². The Balaban J connectivity index is 2.42. The van der Waals surface area contributed by atoms with Crippen LogP contribution in [0.3, 0.4) is 0 Å². The molecule has 0 N–H and O–H groups in total. The van der Waals surface area contributed by atoms with Crippen LogP contribution < -0.4 is 0 Å². The fraction of sp³-hybridized carbons (Fsp3) is 0.125. The highest BCUT2D eigenvalue weighted by molar-refractivity contribution is 6.31. The smallest absolute Gasteiger partial charge is 0.129 e. The molecule has 0 fully saturated rings. The van der Waals surface area contributed by atoms with Gasteiger partial charge in [-0.25, -0.2) is 4.98 Å². The molecule has 21 heavy (non-hydrogen) atoms. The number of alkyl halides is 1. The van der Waals surface area contributed by atoms with Crippen LogP contribution in [-0.2, 0) is 5.88 Å². The molecule has 0 unspecified atom stereocenters. The first kappa shape index (κ1) is 13.9. The van der Waals surface area contributed by atoms with Gasteiger partial charge in [-0.1, -0.05) is 23.7 Å². The van der Waals surface area contributed by atoms with Crippen LogP contribution in [0.1, 0.15) is 17.0 Å². The molecule has 1 heterocycles. The highest BCUT2D eigenvalue weighted by atomic mass is 35.5. The summed E-state index contributed by atoms with van der Waals surface area (Å²) in [7, 11) is 0. The monoisotopic (exact) mass is 315 g/mol. The van der Waals surface area contributed by atoms with E-state index in [9.17, 15) is 5.26 Å². The Labute approximate surface area is 132 Å². The Morgan fingerprint density at radius 1 is 1.24 bits per heavy atom. The normalized spacial score (nSPS) is 10.8. The molecular weight excluding hydrogens is 305 g/mol. The minimum absolute atomic E-state index is 0.255. The topological polar surface area (TPSA) is 41.6 Å². The number of rotatable bonds is 2. The molecule has 0 spiro atoms. The third kappa shape index (κ3) is 2.17. The predicted molar refractivity (Wildman–Crippen MR) is 85.1 cm³/mol. The summed E-state index contributed by atoms with van der Waals surface area (Å²) in [4.78, 5) is 4.51. The van der Waals surface area contributed by atoms with Crippen molar-refractivity contribution in [3.05, 3.63) is 58.4 Å². The molecule has 0 bridgehead atoms. The van der Waals surface area contributed by atoms with Gasteiger partial charge >= 0.3 is 0 Å². The number of imidazole rings is 1. The Hall–Kier alpha value is -2.02. The lowest BCUT2D eigenvalue weighted by molar-refractivity contribution is 0.972. The van der Waals surface area contributed by atoms with Crippen molar-refractivity contribution in [2.24, 2.45) is 0 Å². The minimum atomic E-state index is 0.255. The molecule has 0 aliphatic rings. The van der Waals surface area contributed by atoms with Gasteiger partial charge in [0.2, 0.25) is 0 Å². The Bertz CT molecular complexity index is 875. The molecule has 1 aromatic heterocycles. The molecule has 0 aliphatic heterocycles. The summed E-state index contributed by atoms with van der Waals surface area (Å²) in [5.74, 6) is 0.950. The van der Waals surface area contributed by atoms with Gasteiger partial charge in [0.1, 0.15) is 17.4 Å². The quantitative estimate of drug-likeness (QED) is 0.648. The number of nitriles is 1. The predicted octanol–water partition coefficient (Wildman–Crippen LogP) is 4.60. The van der Waals surface area contributed by atoms with Crippen molar-refractivity contribution >= 4 is 34.2 Å². The zero-order chi connectivity index (χ0) is 15.0. The van der Waals surface area contributed by atoms with Crippen molar-refractivity contribution in [1.82, 2.24) is 9.55 Å². The van der Waals surface area contributed by atoms with Gasteiger partial charge in [0, 0.05) is 5.02 Å². The van der Waals surface area contributed by atoms with Crippen molar-refractivity contribution < 1.29 is 0 Å². The number of hydrogen-bond acceptors (Lipinski definition) is 2. The number of aromatic nitrogens is 2. The molecule has 3 nitrogen and oxygen atoms in total. The Morgan fingerprint density at radius 2 is 2.00 bits per heavy atom. The summed E-state index contributed by atoms with van der Waals surface area (Å²) in [6, 6.07) is 13.4. The van der Waals surface area contributed by atoms with Crippen molar-refractivity contribution in [3.63, 3.8) is 0 Å². The molecule has 2 aromatic carbocycles. The average Bonchev–Trinajstić information content (AvgIpc) is 2.88. The lowest BCUT2D eigenvalue weighted by Crippen LogP contribution is -2.01. The van der Waals surface area contributed by atoms with Crippen molar-refractivity contribution in [2.75, 3.05) is 0 Å². The summed E-state index contributed by atoms with van der Waals surface area (Å²) < 4.78 is 1.96. The first-order valence-corrected chi connectivity index (χ1v) is 7.30. The Kier molecular flexibility index (Phi) is 3.59. The second-order valence-corrected chi connectivity index (χ2v) is 5.34. The second-order valence-electron chi connectivity index (χ2n) is 4.67. The molecule has 0 saturated heterocycles. The fourth-order valence-electron chi connectivity index (χ4n) is 2.43. The minimum Gasteiger partial charge on any atom is -0.295 e. The molecule has 0 amide bonds. The third-order valence-electron chi connectivity index (χ3n) is 3.47. The van der Waals surface area contributed by atoms with E-state index in [2.05, 4.69) is 11.1 Å². The first-order valence-electron chi connectivity index (χ1n) is 6.39. The maximum absolute atomic E-state index is 9.22. The maximum Gasteiger partial charge on any atom is 0.129 e. The zero-order valence-electron chi connectivity index (χ0n) is 11.3. The van der Waals surface area contributed by atoms with Gasteiger partial charge in [-0.05, 0) is 36.8 Å². The van der Waals surface area contributed by atoms with Crippen LogP contribution >= 0.6 is 23.2 Å². The fourth-order valence-corrected chi connectivity index (χ4v) is 2.78. The molecule has 0 radical (unpaired) electrons. The van der Waals surface area contributed by atoms with E-state index in [4.69, 9.17) is 23.2 Å². The van der Waals surface area contributed by atoms with Gasteiger partial charge in [0.15, 0.2) is 0 Å². The molecule has 3 aromatic rings. The summed E-state index contributed by atoms with van der Waals surface area (Å²) in [6.45, 7) is 1.95. The number of para-hydroxylation sites is 1. The highest BCUT2D eigenvalue weighted by Gasteiger charge is 2.16. The third-order valence-corrected chi connectivity index (χ3v) is 4.12. The van der Waals surface area contributed by atoms with Gasteiger partial charge in [0.05, 0.1) is 22.6 Å². The molecule has 5 heteroatoms.